The highest BCUT2D eigenvalue weighted by molar-refractivity contribution is 5.84. The molecular weight excluding hydrogens is 265 g/mol. The highest BCUT2D eigenvalue weighted by Crippen LogP contribution is 2.36. The van der Waals surface area contributed by atoms with Gasteiger partial charge in [0.15, 0.2) is 5.54 Å². The lowest BCUT2D eigenvalue weighted by molar-refractivity contribution is -0.155. The first-order valence-electron chi connectivity index (χ1n) is 6.21. The van der Waals surface area contributed by atoms with Gasteiger partial charge in [-0.2, -0.15) is 0 Å². The number of aliphatic carboxylic acids is 1. The van der Waals surface area contributed by atoms with Crippen molar-refractivity contribution in [2.75, 3.05) is 13.7 Å². The fourth-order valence-corrected chi connectivity index (χ4v) is 2.14. The minimum absolute atomic E-state index is 0.0952. The van der Waals surface area contributed by atoms with Crippen molar-refractivity contribution in [1.29, 1.82) is 0 Å². The number of ether oxygens (including phenoxy) is 1. The Balaban J connectivity index is 3.55. The quantitative estimate of drug-likeness (QED) is 0.777. The second-order valence-corrected chi connectivity index (χ2v) is 4.49. The summed E-state index contributed by atoms with van der Waals surface area (Å²) in [5, 5.41) is 9.54. The number of carboxylic acids is 1. The molecule has 1 rings (SSSR count). The molecule has 0 aliphatic rings. The van der Waals surface area contributed by atoms with Gasteiger partial charge in [-0.3, -0.25) is 4.79 Å². The van der Waals surface area contributed by atoms with Crippen molar-refractivity contribution in [2.24, 2.45) is 0 Å². The molecule has 0 aromatic heterocycles. The Bertz CT molecular complexity index is 506. The largest absolute Gasteiger partial charge is 0.496 e. The average Bonchev–Trinajstić information content (AvgIpc) is 2.43. The molecule has 110 valence electrons. The first kappa shape index (κ1) is 15.9. The van der Waals surface area contributed by atoms with Gasteiger partial charge < -0.3 is 14.7 Å². The topological polar surface area (TPSA) is 66.8 Å². The van der Waals surface area contributed by atoms with E-state index in [4.69, 9.17) is 4.74 Å². The average molecular weight is 283 g/mol. The van der Waals surface area contributed by atoms with Crippen LogP contribution < -0.4 is 4.74 Å². The third-order valence-corrected chi connectivity index (χ3v) is 3.26. The van der Waals surface area contributed by atoms with E-state index in [1.165, 1.54) is 26.2 Å². The van der Waals surface area contributed by atoms with E-state index < -0.39 is 17.3 Å². The lowest BCUT2D eigenvalue weighted by atomic mass is 9.88. The van der Waals surface area contributed by atoms with Gasteiger partial charge in [-0.15, -0.1) is 0 Å². The van der Waals surface area contributed by atoms with Gasteiger partial charge in [-0.25, -0.2) is 9.18 Å². The number of amides is 1. The molecule has 6 heteroatoms. The Hall–Kier alpha value is -2.11. The van der Waals surface area contributed by atoms with Crippen LogP contribution >= 0.6 is 0 Å². The molecule has 0 saturated carbocycles. The molecular formula is C14H18FNO4. The van der Waals surface area contributed by atoms with Gasteiger partial charge in [0.05, 0.1) is 12.7 Å². The fourth-order valence-electron chi connectivity index (χ4n) is 2.14. The molecule has 1 atom stereocenters. The third-order valence-electron chi connectivity index (χ3n) is 3.26. The fraction of sp³-hybridized carbons (Fsp3) is 0.429. The predicted molar refractivity (Wildman–Crippen MR) is 71.0 cm³/mol. The van der Waals surface area contributed by atoms with Crippen LogP contribution in [0, 0.1) is 5.82 Å². The first-order valence-corrected chi connectivity index (χ1v) is 6.21. The van der Waals surface area contributed by atoms with Crippen LogP contribution in [0.15, 0.2) is 18.2 Å². The number of benzene rings is 1. The molecule has 5 nitrogen and oxygen atoms in total. The molecule has 0 heterocycles. The Morgan fingerprint density at radius 1 is 1.55 bits per heavy atom. The summed E-state index contributed by atoms with van der Waals surface area (Å²) in [7, 11) is 1.33. The van der Waals surface area contributed by atoms with E-state index in [0.717, 1.165) is 11.0 Å². The summed E-state index contributed by atoms with van der Waals surface area (Å²) in [4.78, 5) is 24.0. The standard InChI is InChI=1S/C14H18FNO4/c1-4-8-16(9-17)14(2,13(18)19)12-10(15)6-5-7-11(12)20-3/h5-7,9H,4,8H2,1-3H3,(H,18,19). The van der Waals surface area contributed by atoms with Crippen molar-refractivity contribution < 1.29 is 23.8 Å². The number of methoxy groups -OCH3 is 1. The maximum Gasteiger partial charge on any atom is 0.334 e. The summed E-state index contributed by atoms with van der Waals surface area (Å²) in [5.41, 5.74) is -1.98. The smallest absolute Gasteiger partial charge is 0.334 e. The monoisotopic (exact) mass is 283 g/mol. The number of rotatable bonds is 7. The van der Waals surface area contributed by atoms with Crippen molar-refractivity contribution in [2.45, 2.75) is 25.8 Å². The van der Waals surface area contributed by atoms with E-state index in [-0.39, 0.29) is 17.9 Å². The molecule has 0 aliphatic carbocycles. The van der Waals surface area contributed by atoms with Gasteiger partial charge in [-0.1, -0.05) is 13.0 Å². The zero-order chi connectivity index (χ0) is 15.3. The summed E-state index contributed by atoms with van der Waals surface area (Å²) in [6, 6.07) is 4.04. The van der Waals surface area contributed by atoms with Crippen molar-refractivity contribution >= 4 is 12.4 Å². The number of hydrogen-bond acceptors (Lipinski definition) is 3. The van der Waals surface area contributed by atoms with E-state index in [0.29, 0.717) is 12.8 Å². The van der Waals surface area contributed by atoms with Gasteiger partial charge in [0.25, 0.3) is 0 Å². The van der Waals surface area contributed by atoms with Crippen LogP contribution in [0.1, 0.15) is 25.8 Å². The first-order chi connectivity index (χ1) is 9.43. The molecule has 0 saturated heterocycles. The molecule has 1 N–H and O–H groups in total. The van der Waals surface area contributed by atoms with Gasteiger partial charge in [-0.05, 0) is 25.5 Å². The normalized spacial score (nSPS) is 13.4. The van der Waals surface area contributed by atoms with Gasteiger partial charge in [0.1, 0.15) is 11.6 Å². The minimum atomic E-state index is -1.82. The number of carbonyl (C=O) groups is 2. The van der Waals surface area contributed by atoms with Crippen LogP contribution in [0.25, 0.3) is 0 Å². The summed E-state index contributed by atoms with van der Waals surface area (Å²) in [6.07, 6.45) is 0.974. The molecule has 20 heavy (non-hydrogen) atoms. The molecule has 1 aromatic carbocycles. The van der Waals surface area contributed by atoms with Crippen molar-refractivity contribution in [3.8, 4) is 5.75 Å². The summed E-state index contributed by atoms with van der Waals surface area (Å²) in [6.45, 7) is 3.29. The van der Waals surface area contributed by atoms with E-state index in [9.17, 15) is 19.1 Å². The molecule has 1 amide bonds. The van der Waals surface area contributed by atoms with E-state index in [1.807, 2.05) is 0 Å². The Morgan fingerprint density at radius 3 is 2.65 bits per heavy atom. The van der Waals surface area contributed by atoms with Crippen LogP contribution in [0.4, 0.5) is 4.39 Å². The summed E-state index contributed by atoms with van der Waals surface area (Å²) < 4.78 is 19.2. The van der Waals surface area contributed by atoms with Crippen LogP contribution in [0.5, 0.6) is 5.75 Å². The van der Waals surface area contributed by atoms with Crippen LogP contribution in [0.2, 0.25) is 0 Å². The molecule has 1 unspecified atom stereocenters. The summed E-state index contributed by atoms with van der Waals surface area (Å²) in [5.74, 6) is -1.95. The number of carboxylic acid groups (broad SMARTS) is 1. The third kappa shape index (κ3) is 2.59. The maximum absolute atomic E-state index is 14.1. The highest BCUT2D eigenvalue weighted by Gasteiger charge is 2.45. The van der Waals surface area contributed by atoms with Crippen molar-refractivity contribution in [3.05, 3.63) is 29.6 Å². The van der Waals surface area contributed by atoms with Crippen LogP contribution in [-0.2, 0) is 15.1 Å². The molecule has 0 radical (unpaired) electrons. The zero-order valence-electron chi connectivity index (χ0n) is 11.7. The second kappa shape index (κ2) is 6.36. The van der Waals surface area contributed by atoms with Gasteiger partial charge in [0, 0.05) is 6.54 Å². The molecule has 0 aliphatic heterocycles. The van der Waals surface area contributed by atoms with E-state index in [2.05, 4.69) is 0 Å². The Labute approximate surface area is 117 Å². The molecule has 0 fully saturated rings. The maximum atomic E-state index is 14.1. The Kier molecular flexibility index (Phi) is 5.07. The lowest BCUT2D eigenvalue weighted by Crippen LogP contribution is -2.50. The number of nitrogens with zero attached hydrogens (tertiary/aromatic N) is 1. The van der Waals surface area contributed by atoms with Gasteiger partial charge in [0.2, 0.25) is 6.41 Å². The number of halogens is 1. The van der Waals surface area contributed by atoms with E-state index >= 15 is 0 Å². The molecule has 1 aromatic rings. The number of hydrogen-bond donors (Lipinski definition) is 1. The highest BCUT2D eigenvalue weighted by atomic mass is 19.1. The zero-order valence-corrected chi connectivity index (χ0v) is 11.7. The lowest BCUT2D eigenvalue weighted by Gasteiger charge is -2.36. The van der Waals surface area contributed by atoms with Gasteiger partial charge >= 0.3 is 5.97 Å². The minimum Gasteiger partial charge on any atom is -0.496 e. The Morgan fingerprint density at radius 2 is 2.20 bits per heavy atom. The van der Waals surface area contributed by atoms with E-state index in [1.54, 1.807) is 6.92 Å². The predicted octanol–water partition coefficient (Wildman–Crippen LogP) is 2.00. The molecule has 0 bridgehead atoms. The van der Waals surface area contributed by atoms with Crippen LogP contribution in [0.3, 0.4) is 0 Å². The number of carbonyl (C=O) groups excluding carboxylic acids is 1. The van der Waals surface area contributed by atoms with Crippen LogP contribution in [-0.4, -0.2) is 36.0 Å². The summed E-state index contributed by atoms with van der Waals surface area (Å²) >= 11 is 0. The van der Waals surface area contributed by atoms with Crippen molar-refractivity contribution in [3.63, 3.8) is 0 Å². The molecule has 0 spiro atoms. The van der Waals surface area contributed by atoms with Crippen molar-refractivity contribution in [1.82, 2.24) is 4.90 Å². The SMILES string of the molecule is CCCN(C=O)C(C)(C(=O)O)c1c(F)cccc1OC. The second-order valence-electron chi connectivity index (χ2n) is 4.49.